The number of aliphatic imine (C=N–C) groups is 4. The van der Waals surface area contributed by atoms with Crippen LogP contribution in [0.1, 0.15) is 68.9 Å². The standard InChI is InChI=1S/C15H23N5O5.C14H21N5O5.C10H22N6O5.C10H21N5O6/c16-13(4-1-9-19-15(17)18)14(21)25-12-7-5-11(6-8-12)3-2-10-24-20(22)23;15-12(2-1-8-18-14(16)17)13(20)24-11-5-3-10(4-6-11)7-9-23-19(21)22;11-8(2-1-3-15-10(12)13)9(17)20-6-4-14-5-7-21-16(18)19;11-8(2-1-3-14-10(12)13)9(16)20-6-4-19-5-7-21-15(17)18/h5-8,13H,1-4,9-10,16H2,(H4,17,18,19);3-6,12H,1-2,7-9,15H2,(H4,16,17,18);8,14H,1-7,11H2,(H4,12,13,15);8H,1-7,11H2,(H4,12,13,14). The van der Waals surface area contributed by atoms with Gasteiger partial charge in [-0.15, -0.1) is 40.5 Å². The molecule has 0 saturated heterocycles. The monoisotopic (exact) mass is 1310 g/mol. The highest BCUT2D eigenvalue weighted by molar-refractivity contribution is 5.79. The third-order valence-electron chi connectivity index (χ3n) is 10.7. The first kappa shape index (κ1) is 83.0. The van der Waals surface area contributed by atoms with Crippen LogP contribution in [0.4, 0.5) is 0 Å². The van der Waals surface area contributed by atoms with Crippen molar-refractivity contribution in [1.29, 1.82) is 0 Å². The van der Waals surface area contributed by atoms with E-state index in [0.29, 0.717) is 115 Å². The topological polar surface area (TPSA) is 698 Å². The predicted molar refractivity (Wildman–Crippen MR) is 325 cm³/mol. The summed E-state index contributed by atoms with van der Waals surface area (Å²) >= 11 is 0. The fraction of sp³-hybridized carbons (Fsp3) is 0.592. The summed E-state index contributed by atoms with van der Waals surface area (Å²) in [7, 11) is 0. The van der Waals surface area contributed by atoms with E-state index in [1.807, 2.05) is 0 Å². The Hall–Kier alpha value is -10.0. The van der Waals surface area contributed by atoms with Crippen LogP contribution in [0.5, 0.6) is 11.5 Å². The van der Waals surface area contributed by atoms with Gasteiger partial charge in [0, 0.05) is 39.3 Å². The summed E-state index contributed by atoms with van der Waals surface area (Å²) in [6.07, 6.45) is 5.38. The van der Waals surface area contributed by atoms with E-state index < -0.39 is 68.4 Å². The Morgan fingerprint density at radius 2 is 0.714 bits per heavy atom. The maximum Gasteiger partial charge on any atom is 0.328 e. The second kappa shape index (κ2) is 53.0. The summed E-state index contributed by atoms with van der Waals surface area (Å²) in [6.45, 7) is 2.26. The van der Waals surface area contributed by atoms with Crippen molar-refractivity contribution in [3.8, 4) is 11.5 Å². The number of guanidine groups is 4. The normalized spacial score (nSPS) is 11.4. The molecule has 4 atom stereocenters. The molecule has 514 valence electrons. The lowest BCUT2D eigenvalue weighted by atomic mass is 10.1. The SMILES string of the molecule is NC(N)=NCCCC(N)C(=O)OCCNCCO[N+](=O)[O-].NC(N)=NCCCC(N)C(=O)OCCOCCO[N+](=O)[O-].NC(N)=NCCCC(N)C(=O)Oc1ccc(CCCO[N+](=O)[O-])cc1.NC(N)=NCCCC(N)C(=O)Oc1ccc(CCO[N+](=O)[O-])cc1. The molecule has 0 fully saturated rings. The first-order chi connectivity index (χ1) is 43.1. The molecule has 0 bridgehead atoms. The third kappa shape index (κ3) is 53.9. The second-order valence-corrected chi connectivity index (χ2v) is 18.1. The van der Waals surface area contributed by atoms with Gasteiger partial charge in [0.2, 0.25) is 0 Å². The van der Waals surface area contributed by atoms with Gasteiger partial charge in [-0.2, -0.15) is 0 Å². The van der Waals surface area contributed by atoms with Crippen LogP contribution >= 0.6 is 0 Å². The average Bonchev–Trinajstić information content (AvgIpc) is 3.25. The highest BCUT2D eigenvalue weighted by Crippen LogP contribution is 2.16. The molecule has 0 aliphatic carbocycles. The molecular weight excluding hydrogens is 1220 g/mol. The number of nitrogens with one attached hydrogen (secondary N) is 1. The van der Waals surface area contributed by atoms with Gasteiger partial charge in [-0.1, -0.05) is 24.3 Å². The highest BCUT2D eigenvalue weighted by Gasteiger charge is 2.18. The Balaban J connectivity index is 0. The summed E-state index contributed by atoms with van der Waals surface area (Å²) in [5, 5.41) is 39.1. The van der Waals surface area contributed by atoms with Crippen LogP contribution in [0, 0.1) is 40.5 Å². The number of esters is 4. The number of hydrogen-bond donors (Lipinski definition) is 13. The Morgan fingerprint density at radius 3 is 1.10 bits per heavy atom. The van der Waals surface area contributed by atoms with Crippen LogP contribution in [-0.4, -0.2) is 184 Å². The van der Waals surface area contributed by atoms with E-state index in [9.17, 15) is 59.6 Å². The average molecular weight is 1310 g/mol. The van der Waals surface area contributed by atoms with E-state index >= 15 is 0 Å². The minimum Gasteiger partial charge on any atom is -0.463 e. The van der Waals surface area contributed by atoms with Crippen molar-refractivity contribution < 1.29 is 82.6 Å². The van der Waals surface area contributed by atoms with E-state index in [-0.39, 0.29) is 83.2 Å². The largest absolute Gasteiger partial charge is 0.463 e. The minimum absolute atomic E-state index is 0.00109. The van der Waals surface area contributed by atoms with Crippen LogP contribution in [0.2, 0.25) is 0 Å². The zero-order valence-electron chi connectivity index (χ0n) is 50.2. The van der Waals surface area contributed by atoms with Gasteiger partial charge >= 0.3 is 23.9 Å². The first-order valence-electron chi connectivity index (χ1n) is 27.7. The Labute approximate surface area is 521 Å². The number of hydrogen-bond acceptors (Lipinski definition) is 30. The fourth-order valence-corrected chi connectivity index (χ4v) is 6.26. The summed E-state index contributed by atoms with van der Waals surface area (Å²) in [5.41, 5.74) is 65.9. The number of benzene rings is 2. The fourth-order valence-electron chi connectivity index (χ4n) is 6.26. The Morgan fingerprint density at radius 1 is 0.396 bits per heavy atom. The number of nitrogens with two attached hydrogens (primary N) is 12. The van der Waals surface area contributed by atoms with Gasteiger partial charge in [-0.3, -0.25) is 29.6 Å². The van der Waals surface area contributed by atoms with Crippen LogP contribution in [0.25, 0.3) is 0 Å². The van der Waals surface area contributed by atoms with Gasteiger partial charge in [0.1, 0.15) is 68.7 Å². The van der Waals surface area contributed by atoms with Crippen molar-refractivity contribution >= 4 is 47.7 Å². The van der Waals surface area contributed by atoms with Crippen LogP contribution in [0.3, 0.4) is 0 Å². The van der Waals surface area contributed by atoms with Crippen molar-refractivity contribution in [2.24, 2.45) is 88.8 Å². The van der Waals surface area contributed by atoms with Crippen molar-refractivity contribution in [2.75, 3.05) is 92.1 Å². The molecule has 0 heterocycles. The second-order valence-electron chi connectivity index (χ2n) is 18.1. The maximum absolute atomic E-state index is 11.9. The van der Waals surface area contributed by atoms with Crippen molar-refractivity contribution in [3.63, 3.8) is 0 Å². The molecule has 42 heteroatoms. The highest BCUT2D eigenvalue weighted by atomic mass is 17.0. The number of rotatable bonds is 45. The Kier molecular flexibility index (Phi) is 48.4. The van der Waals surface area contributed by atoms with E-state index in [1.165, 1.54) is 0 Å². The molecule has 0 radical (unpaired) electrons. The van der Waals surface area contributed by atoms with Crippen molar-refractivity contribution in [3.05, 3.63) is 100 Å². The lowest BCUT2D eigenvalue weighted by Crippen LogP contribution is -2.34. The summed E-state index contributed by atoms with van der Waals surface area (Å²) < 4.78 is 25.1. The van der Waals surface area contributed by atoms with Crippen molar-refractivity contribution in [2.45, 2.75) is 94.8 Å². The zero-order valence-corrected chi connectivity index (χ0v) is 50.2. The molecule has 0 spiro atoms. The van der Waals surface area contributed by atoms with E-state index in [1.54, 1.807) is 48.5 Å². The summed E-state index contributed by atoms with van der Waals surface area (Å²) in [6, 6.07) is 10.4. The molecule has 4 unspecified atom stereocenters. The maximum atomic E-state index is 11.9. The lowest BCUT2D eigenvalue weighted by Gasteiger charge is -2.11. The quantitative estimate of drug-likeness (QED) is 0.00567. The molecule has 0 aromatic heterocycles. The molecule has 0 aliphatic heterocycles. The van der Waals surface area contributed by atoms with Gasteiger partial charge in [-0.25, -0.2) is 9.59 Å². The molecule has 0 saturated carbocycles. The molecular formula is C49H87N21O21. The summed E-state index contributed by atoms with van der Waals surface area (Å²) in [5.74, 6) is -1.43. The predicted octanol–water partition coefficient (Wildman–Crippen LogP) is -4.32. The number of nitrogens with zero attached hydrogens (tertiary/aromatic N) is 8. The van der Waals surface area contributed by atoms with Gasteiger partial charge in [-0.05, 0) is 106 Å². The third-order valence-corrected chi connectivity index (χ3v) is 10.7. The molecule has 91 heavy (non-hydrogen) atoms. The number of carbonyl (C=O) groups is 4. The molecule has 25 N–H and O–H groups in total. The Bertz CT molecular complexity index is 2460. The van der Waals surface area contributed by atoms with E-state index in [2.05, 4.69) is 44.6 Å². The van der Waals surface area contributed by atoms with Gasteiger partial charge in [0.25, 0.3) is 20.3 Å². The van der Waals surface area contributed by atoms with Crippen molar-refractivity contribution in [1.82, 2.24) is 5.32 Å². The molecule has 42 nitrogen and oxygen atoms in total. The number of ether oxygens (including phenoxy) is 5. The van der Waals surface area contributed by atoms with Crippen LogP contribution in [-0.2, 0) is 65.6 Å². The number of aryl methyl sites for hydroxylation is 1. The van der Waals surface area contributed by atoms with E-state index in [4.69, 9.17) is 92.5 Å². The summed E-state index contributed by atoms with van der Waals surface area (Å²) in [4.78, 5) is 118. The van der Waals surface area contributed by atoms with Gasteiger partial charge in [0.15, 0.2) is 23.8 Å². The molecule has 2 rings (SSSR count). The van der Waals surface area contributed by atoms with Crippen LogP contribution < -0.4 is 83.6 Å². The van der Waals surface area contributed by atoms with E-state index in [0.717, 1.165) is 11.1 Å². The van der Waals surface area contributed by atoms with Gasteiger partial charge < -0.3 is 117 Å². The van der Waals surface area contributed by atoms with Crippen LogP contribution in [0.15, 0.2) is 68.5 Å². The smallest absolute Gasteiger partial charge is 0.328 e. The molecule has 2 aromatic rings. The number of carbonyl (C=O) groups excluding carboxylic acids is 4. The lowest BCUT2D eigenvalue weighted by molar-refractivity contribution is -0.758. The zero-order chi connectivity index (χ0) is 68.8. The molecule has 0 amide bonds. The van der Waals surface area contributed by atoms with Gasteiger partial charge in [0.05, 0.1) is 19.8 Å². The molecule has 0 aliphatic rings. The first-order valence-corrected chi connectivity index (χ1v) is 27.7. The molecule has 2 aromatic carbocycles. The minimum atomic E-state index is -0.912.